The molecule has 2 nitrogen and oxygen atoms in total. The summed E-state index contributed by atoms with van der Waals surface area (Å²) in [4.78, 5) is 0. The summed E-state index contributed by atoms with van der Waals surface area (Å²) in [5.74, 6) is 0. The van der Waals surface area contributed by atoms with Crippen LogP contribution in [0.4, 0.5) is 0 Å². The van der Waals surface area contributed by atoms with Gasteiger partial charge in [0.2, 0.25) is 0 Å². The standard InChI is InChI=1S/C18H20N2S/c1-18(2,3)21-20-17(15-9-5-4-6-10-15)16-11-7-8-14(12-16)13-19/h4-12,17,20H,1-3H3. The third kappa shape index (κ3) is 4.63. The van der Waals surface area contributed by atoms with Gasteiger partial charge in [-0.15, -0.1) is 0 Å². The molecule has 0 radical (unpaired) electrons. The third-order valence-electron chi connectivity index (χ3n) is 2.96. The van der Waals surface area contributed by atoms with Gasteiger partial charge in [0, 0.05) is 4.75 Å². The first-order valence-electron chi connectivity index (χ1n) is 6.98. The van der Waals surface area contributed by atoms with E-state index >= 15 is 0 Å². The van der Waals surface area contributed by atoms with Crippen LogP contribution in [0, 0.1) is 11.3 Å². The minimum absolute atomic E-state index is 0.0729. The van der Waals surface area contributed by atoms with Crippen molar-refractivity contribution in [3.63, 3.8) is 0 Å². The SMILES string of the molecule is CC(C)(C)SNC(c1ccccc1)c1cccc(C#N)c1. The molecule has 0 aliphatic carbocycles. The second-order valence-corrected chi connectivity index (χ2v) is 7.58. The molecule has 1 unspecified atom stereocenters. The highest BCUT2D eigenvalue weighted by atomic mass is 32.2. The number of hydrogen-bond donors (Lipinski definition) is 1. The Morgan fingerprint density at radius 2 is 1.67 bits per heavy atom. The summed E-state index contributed by atoms with van der Waals surface area (Å²) in [6.45, 7) is 6.54. The van der Waals surface area contributed by atoms with Gasteiger partial charge < -0.3 is 0 Å². The normalized spacial score (nSPS) is 12.7. The van der Waals surface area contributed by atoms with Crippen LogP contribution in [0.5, 0.6) is 0 Å². The van der Waals surface area contributed by atoms with Crippen molar-refractivity contribution in [3.8, 4) is 6.07 Å². The molecule has 0 saturated carbocycles. The maximum Gasteiger partial charge on any atom is 0.0991 e. The van der Waals surface area contributed by atoms with E-state index in [-0.39, 0.29) is 10.8 Å². The van der Waals surface area contributed by atoms with Crippen LogP contribution >= 0.6 is 11.9 Å². The quantitative estimate of drug-likeness (QED) is 0.832. The van der Waals surface area contributed by atoms with Crippen LogP contribution in [-0.2, 0) is 0 Å². The molecule has 2 rings (SSSR count). The fraction of sp³-hybridized carbons (Fsp3) is 0.278. The Kier molecular flexibility index (Phi) is 5.06. The maximum absolute atomic E-state index is 9.10. The van der Waals surface area contributed by atoms with Gasteiger partial charge in [0.15, 0.2) is 0 Å². The first-order valence-corrected chi connectivity index (χ1v) is 7.80. The topological polar surface area (TPSA) is 35.8 Å². The zero-order valence-corrected chi connectivity index (χ0v) is 13.4. The van der Waals surface area contributed by atoms with E-state index < -0.39 is 0 Å². The number of rotatable bonds is 4. The Morgan fingerprint density at radius 3 is 2.29 bits per heavy atom. The summed E-state index contributed by atoms with van der Waals surface area (Å²) in [6, 6.07) is 20.4. The molecule has 3 heteroatoms. The molecule has 2 aromatic rings. The highest BCUT2D eigenvalue weighted by Crippen LogP contribution is 2.29. The Hall–Kier alpha value is -1.76. The van der Waals surface area contributed by atoms with Crippen molar-refractivity contribution in [2.45, 2.75) is 31.6 Å². The van der Waals surface area contributed by atoms with Crippen LogP contribution < -0.4 is 4.72 Å². The van der Waals surface area contributed by atoms with Gasteiger partial charge in [0.25, 0.3) is 0 Å². The van der Waals surface area contributed by atoms with Crippen LogP contribution in [0.2, 0.25) is 0 Å². The summed E-state index contributed by atoms with van der Waals surface area (Å²) < 4.78 is 3.68. The molecule has 0 fully saturated rings. The molecule has 108 valence electrons. The molecular weight excluding hydrogens is 276 g/mol. The van der Waals surface area contributed by atoms with E-state index in [4.69, 9.17) is 5.26 Å². The van der Waals surface area contributed by atoms with Crippen molar-refractivity contribution in [2.75, 3.05) is 0 Å². The van der Waals surface area contributed by atoms with Crippen LogP contribution in [0.25, 0.3) is 0 Å². The van der Waals surface area contributed by atoms with E-state index in [0.717, 1.165) is 5.56 Å². The number of nitriles is 1. The van der Waals surface area contributed by atoms with Crippen LogP contribution in [0.3, 0.4) is 0 Å². The van der Waals surface area contributed by atoms with E-state index in [9.17, 15) is 0 Å². The predicted octanol–water partition coefficient (Wildman–Crippen LogP) is 4.68. The van der Waals surface area contributed by atoms with E-state index in [2.05, 4.69) is 49.8 Å². The van der Waals surface area contributed by atoms with Crippen LogP contribution in [0.1, 0.15) is 43.5 Å². The van der Waals surface area contributed by atoms with Crippen molar-refractivity contribution in [3.05, 3.63) is 71.3 Å². The highest BCUT2D eigenvalue weighted by molar-refractivity contribution is 7.98. The Bertz CT molecular complexity index is 624. The molecule has 0 aliphatic heterocycles. The highest BCUT2D eigenvalue weighted by Gasteiger charge is 2.18. The summed E-state index contributed by atoms with van der Waals surface area (Å²) in [5, 5.41) is 9.10. The molecule has 21 heavy (non-hydrogen) atoms. The van der Waals surface area contributed by atoms with Gasteiger partial charge in [-0.1, -0.05) is 54.4 Å². The van der Waals surface area contributed by atoms with E-state index in [0.29, 0.717) is 5.56 Å². The number of nitrogens with zero attached hydrogens (tertiary/aromatic N) is 1. The first kappa shape index (κ1) is 15.6. The van der Waals surface area contributed by atoms with Crippen molar-refractivity contribution < 1.29 is 0 Å². The molecule has 0 amide bonds. The Morgan fingerprint density at radius 1 is 1.00 bits per heavy atom. The predicted molar refractivity (Wildman–Crippen MR) is 89.9 cm³/mol. The van der Waals surface area contributed by atoms with Crippen LogP contribution in [0.15, 0.2) is 54.6 Å². The van der Waals surface area contributed by atoms with Gasteiger partial charge >= 0.3 is 0 Å². The average molecular weight is 296 g/mol. The summed E-state index contributed by atoms with van der Waals surface area (Å²) >= 11 is 1.71. The minimum Gasteiger partial charge on any atom is -0.252 e. The van der Waals surface area contributed by atoms with Gasteiger partial charge in [-0.25, -0.2) is 0 Å². The van der Waals surface area contributed by atoms with Gasteiger partial charge in [-0.05, 0) is 44.0 Å². The molecule has 0 bridgehead atoms. The average Bonchev–Trinajstić information content (AvgIpc) is 2.48. The number of hydrogen-bond acceptors (Lipinski definition) is 3. The smallest absolute Gasteiger partial charge is 0.0991 e. The van der Waals surface area contributed by atoms with E-state index in [1.165, 1.54) is 5.56 Å². The molecule has 2 aromatic carbocycles. The van der Waals surface area contributed by atoms with Gasteiger partial charge in [-0.2, -0.15) is 5.26 Å². The molecule has 0 spiro atoms. The van der Waals surface area contributed by atoms with Crippen molar-refractivity contribution in [1.29, 1.82) is 5.26 Å². The summed E-state index contributed by atoms with van der Waals surface area (Å²) in [6.07, 6.45) is 0. The lowest BCUT2D eigenvalue weighted by Gasteiger charge is -2.25. The van der Waals surface area contributed by atoms with Gasteiger partial charge in [-0.3, -0.25) is 4.72 Å². The third-order valence-corrected chi connectivity index (χ3v) is 3.93. The van der Waals surface area contributed by atoms with Crippen molar-refractivity contribution in [1.82, 2.24) is 4.72 Å². The van der Waals surface area contributed by atoms with Crippen LogP contribution in [-0.4, -0.2) is 4.75 Å². The monoisotopic (exact) mass is 296 g/mol. The molecule has 1 atom stereocenters. The lowest BCUT2D eigenvalue weighted by Crippen LogP contribution is -2.22. The first-order chi connectivity index (χ1) is 9.99. The molecule has 1 N–H and O–H groups in total. The fourth-order valence-electron chi connectivity index (χ4n) is 2.00. The zero-order chi connectivity index (χ0) is 15.3. The maximum atomic E-state index is 9.10. The second kappa shape index (κ2) is 6.80. The van der Waals surface area contributed by atoms with E-state index in [1.54, 1.807) is 11.9 Å². The molecule has 0 aromatic heterocycles. The summed E-state index contributed by atoms with van der Waals surface area (Å²) in [5.41, 5.74) is 3.00. The van der Waals surface area contributed by atoms with Gasteiger partial charge in [0.05, 0.1) is 17.7 Å². The molecule has 0 heterocycles. The zero-order valence-electron chi connectivity index (χ0n) is 12.6. The molecule has 0 saturated heterocycles. The van der Waals surface area contributed by atoms with Gasteiger partial charge in [0.1, 0.15) is 0 Å². The lowest BCUT2D eigenvalue weighted by atomic mass is 9.98. The van der Waals surface area contributed by atoms with Crippen molar-refractivity contribution in [2.24, 2.45) is 0 Å². The number of benzene rings is 2. The summed E-state index contributed by atoms with van der Waals surface area (Å²) in [7, 11) is 0. The van der Waals surface area contributed by atoms with E-state index in [1.807, 2.05) is 36.4 Å². The van der Waals surface area contributed by atoms with Crippen molar-refractivity contribution >= 4 is 11.9 Å². The Labute approximate surface area is 131 Å². The fourth-order valence-corrected chi connectivity index (χ4v) is 2.74. The number of nitrogens with one attached hydrogen (secondary N) is 1. The largest absolute Gasteiger partial charge is 0.252 e. The molecular formula is C18H20N2S. The second-order valence-electron chi connectivity index (χ2n) is 5.91. The minimum atomic E-state index is 0.0729. The molecule has 0 aliphatic rings. The Balaban J connectivity index is 2.33. The lowest BCUT2D eigenvalue weighted by molar-refractivity contribution is 0.752.